The van der Waals surface area contributed by atoms with Crippen molar-refractivity contribution in [1.82, 2.24) is 0 Å². The Hall–Kier alpha value is -1.88. The molecule has 3 rings (SSSR count). The molecule has 0 amide bonds. The van der Waals surface area contributed by atoms with Gasteiger partial charge < -0.3 is 19.4 Å². The molecule has 1 aromatic rings. The first kappa shape index (κ1) is 15.0. The number of fused-ring (bicyclic) bond motifs is 3. The van der Waals surface area contributed by atoms with Crippen LogP contribution in [-0.4, -0.2) is 36.7 Å². The van der Waals surface area contributed by atoms with Gasteiger partial charge in [-0.2, -0.15) is 0 Å². The van der Waals surface area contributed by atoms with Gasteiger partial charge in [0.2, 0.25) is 0 Å². The van der Waals surface area contributed by atoms with E-state index in [1.54, 1.807) is 0 Å². The number of hydrogen-bond donors (Lipinski definition) is 1. The van der Waals surface area contributed by atoms with Crippen LogP contribution in [0.25, 0.3) is 0 Å². The summed E-state index contributed by atoms with van der Waals surface area (Å²) < 4.78 is 10.7. The lowest BCUT2D eigenvalue weighted by molar-refractivity contribution is -0.140. The number of hydrogen-bond acceptors (Lipinski definition) is 5. The molecule has 0 aromatic heterocycles. The van der Waals surface area contributed by atoms with Crippen LogP contribution in [0.15, 0.2) is 18.2 Å². The first-order valence-electron chi connectivity index (χ1n) is 7.64. The summed E-state index contributed by atoms with van der Waals surface area (Å²) in [6.07, 6.45) is 2.39. The third kappa shape index (κ3) is 2.50. The number of methoxy groups -OCH3 is 1. The van der Waals surface area contributed by atoms with Crippen LogP contribution < -0.4 is 4.74 Å². The van der Waals surface area contributed by atoms with Crippen molar-refractivity contribution < 1.29 is 24.2 Å². The molecule has 5 nitrogen and oxygen atoms in total. The SMILES string of the molecule is COC(=O)CCCc1cccc2c1O[C@H]1C[C@@H](O)[C@H](C=O)[C@@H]21. The number of carbonyl (C=O) groups excluding carboxylic acids is 2. The zero-order valence-electron chi connectivity index (χ0n) is 12.5. The van der Waals surface area contributed by atoms with E-state index >= 15 is 0 Å². The summed E-state index contributed by atoms with van der Waals surface area (Å²) in [6.45, 7) is 0. The normalized spacial score (nSPS) is 28.6. The second-order valence-corrected chi connectivity index (χ2v) is 5.96. The molecule has 1 heterocycles. The molecule has 0 bridgehead atoms. The van der Waals surface area contributed by atoms with Gasteiger partial charge in [0.25, 0.3) is 0 Å². The molecular formula is C17H20O5. The maximum atomic E-state index is 11.3. The quantitative estimate of drug-likeness (QED) is 0.661. The van der Waals surface area contributed by atoms with Crippen LogP contribution in [0.1, 0.15) is 36.3 Å². The minimum Gasteiger partial charge on any atom is -0.489 e. The van der Waals surface area contributed by atoms with Crippen LogP contribution in [0.5, 0.6) is 5.75 Å². The van der Waals surface area contributed by atoms with E-state index in [1.165, 1.54) is 7.11 Å². The van der Waals surface area contributed by atoms with Crippen molar-refractivity contribution in [2.24, 2.45) is 5.92 Å². The molecule has 1 aliphatic carbocycles. The Bertz CT molecular complexity index is 582. The zero-order chi connectivity index (χ0) is 15.7. The average Bonchev–Trinajstić information content (AvgIpc) is 3.02. The van der Waals surface area contributed by atoms with Crippen LogP contribution in [0.2, 0.25) is 0 Å². The number of para-hydroxylation sites is 1. The van der Waals surface area contributed by atoms with Crippen molar-refractivity contribution in [2.75, 3.05) is 7.11 Å². The fraction of sp³-hybridized carbons (Fsp3) is 0.529. The molecule has 0 spiro atoms. The molecule has 2 aliphatic rings. The van der Waals surface area contributed by atoms with Crippen molar-refractivity contribution in [3.05, 3.63) is 29.3 Å². The largest absolute Gasteiger partial charge is 0.489 e. The standard InChI is InChI=1S/C17H20O5/c1-21-15(20)7-3-5-10-4-2-6-11-16-12(9-18)13(19)8-14(16)22-17(10)11/h2,4,6,9,12-14,16,19H,3,5,7-8H2,1H3/t12-,13+,14-,16+/m0/s1. The Kier molecular flexibility index (Phi) is 4.16. The summed E-state index contributed by atoms with van der Waals surface area (Å²) in [5.41, 5.74) is 2.06. The van der Waals surface area contributed by atoms with Gasteiger partial charge in [-0.15, -0.1) is 0 Å². The Morgan fingerprint density at radius 3 is 3.05 bits per heavy atom. The van der Waals surface area contributed by atoms with E-state index in [2.05, 4.69) is 4.74 Å². The van der Waals surface area contributed by atoms with Crippen LogP contribution >= 0.6 is 0 Å². The molecule has 0 unspecified atom stereocenters. The Labute approximate surface area is 129 Å². The summed E-state index contributed by atoms with van der Waals surface area (Å²) in [4.78, 5) is 22.5. The van der Waals surface area contributed by atoms with E-state index in [1.807, 2.05) is 18.2 Å². The van der Waals surface area contributed by atoms with Gasteiger partial charge in [0.1, 0.15) is 18.1 Å². The summed E-state index contributed by atoms with van der Waals surface area (Å²) in [6, 6.07) is 5.91. The number of carbonyl (C=O) groups is 2. The predicted molar refractivity (Wildman–Crippen MR) is 78.7 cm³/mol. The van der Waals surface area contributed by atoms with Crippen LogP contribution in [0, 0.1) is 5.92 Å². The number of aliphatic hydroxyl groups is 1. The fourth-order valence-corrected chi connectivity index (χ4v) is 3.62. The maximum absolute atomic E-state index is 11.3. The molecule has 1 aliphatic heterocycles. The van der Waals surface area contributed by atoms with Gasteiger partial charge in [-0.25, -0.2) is 0 Å². The lowest BCUT2D eigenvalue weighted by Gasteiger charge is -2.14. The zero-order valence-corrected chi connectivity index (χ0v) is 12.5. The van der Waals surface area contributed by atoms with Gasteiger partial charge in [-0.05, 0) is 18.4 Å². The second kappa shape index (κ2) is 6.08. The molecule has 1 N–H and O–H groups in total. The van der Waals surface area contributed by atoms with Gasteiger partial charge in [-0.1, -0.05) is 18.2 Å². The number of esters is 1. The molecule has 0 radical (unpaired) electrons. The molecule has 1 aromatic carbocycles. The third-order valence-corrected chi connectivity index (χ3v) is 4.70. The van der Waals surface area contributed by atoms with Gasteiger partial charge in [-0.3, -0.25) is 4.79 Å². The van der Waals surface area contributed by atoms with E-state index in [4.69, 9.17) is 4.74 Å². The summed E-state index contributed by atoms with van der Waals surface area (Å²) in [5, 5.41) is 9.96. The highest BCUT2D eigenvalue weighted by molar-refractivity contribution is 5.69. The first-order valence-corrected chi connectivity index (χ1v) is 7.64. The monoisotopic (exact) mass is 304 g/mol. The van der Waals surface area contributed by atoms with Crippen molar-refractivity contribution in [3.63, 3.8) is 0 Å². The van der Waals surface area contributed by atoms with Crippen molar-refractivity contribution in [2.45, 2.75) is 43.8 Å². The van der Waals surface area contributed by atoms with Crippen molar-refractivity contribution in [3.8, 4) is 5.75 Å². The van der Waals surface area contributed by atoms with E-state index in [-0.39, 0.29) is 18.0 Å². The topological polar surface area (TPSA) is 72.8 Å². The Morgan fingerprint density at radius 1 is 1.50 bits per heavy atom. The number of rotatable bonds is 5. The highest BCUT2D eigenvalue weighted by atomic mass is 16.5. The minimum absolute atomic E-state index is 0.0527. The number of aryl methyl sites for hydroxylation is 1. The highest BCUT2D eigenvalue weighted by Crippen LogP contribution is 2.50. The molecule has 118 valence electrons. The number of aliphatic hydroxyl groups excluding tert-OH is 1. The van der Waals surface area contributed by atoms with Crippen LogP contribution in [0.3, 0.4) is 0 Å². The van der Waals surface area contributed by atoms with Crippen LogP contribution in [-0.2, 0) is 20.7 Å². The Morgan fingerprint density at radius 2 is 2.32 bits per heavy atom. The summed E-state index contributed by atoms with van der Waals surface area (Å²) >= 11 is 0. The number of benzene rings is 1. The third-order valence-electron chi connectivity index (χ3n) is 4.70. The molecular weight excluding hydrogens is 284 g/mol. The van der Waals surface area contributed by atoms with Gasteiger partial charge in [0, 0.05) is 24.3 Å². The first-order chi connectivity index (χ1) is 10.7. The minimum atomic E-state index is -0.622. The maximum Gasteiger partial charge on any atom is 0.305 e. The summed E-state index contributed by atoms with van der Waals surface area (Å²) in [5.74, 6) is 0.176. The van der Waals surface area contributed by atoms with Gasteiger partial charge >= 0.3 is 5.97 Å². The lowest BCUT2D eigenvalue weighted by Crippen LogP contribution is -2.19. The van der Waals surface area contributed by atoms with E-state index < -0.39 is 12.0 Å². The van der Waals surface area contributed by atoms with Crippen molar-refractivity contribution in [1.29, 1.82) is 0 Å². The molecule has 0 saturated heterocycles. The average molecular weight is 304 g/mol. The van der Waals surface area contributed by atoms with Gasteiger partial charge in [0.15, 0.2) is 0 Å². The smallest absolute Gasteiger partial charge is 0.305 e. The van der Waals surface area contributed by atoms with Gasteiger partial charge in [0.05, 0.1) is 19.1 Å². The molecule has 4 atom stereocenters. The van der Waals surface area contributed by atoms with Crippen LogP contribution in [0.4, 0.5) is 0 Å². The molecule has 1 fully saturated rings. The predicted octanol–water partition coefficient (Wildman–Crippen LogP) is 1.61. The van der Waals surface area contributed by atoms with E-state index in [9.17, 15) is 14.7 Å². The Balaban J connectivity index is 1.78. The van der Waals surface area contributed by atoms with E-state index in [0.717, 1.165) is 29.6 Å². The lowest BCUT2D eigenvalue weighted by atomic mass is 9.88. The highest BCUT2D eigenvalue weighted by Gasteiger charge is 2.49. The van der Waals surface area contributed by atoms with E-state index in [0.29, 0.717) is 19.3 Å². The molecule has 5 heteroatoms. The number of aldehydes is 1. The molecule has 22 heavy (non-hydrogen) atoms. The number of ether oxygens (including phenoxy) is 2. The molecule has 1 saturated carbocycles. The summed E-state index contributed by atoms with van der Waals surface area (Å²) in [7, 11) is 1.39. The second-order valence-electron chi connectivity index (χ2n) is 5.96. The fourth-order valence-electron chi connectivity index (χ4n) is 3.62. The van der Waals surface area contributed by atoms with Crippen molar-refractivity contribution >= 4 is 12.3 Å².